The van der Waals surface area contributed by atoms with Gasteiger partial charge in [0.1, 0.15) is 0 Å². The number of sulfonamides is 1. The first kappa shape index (κ1) is 18.3. The molecule has 0 aliphatic carbocycles. The van der Waals surface area contributed by atoms with Crippen LogP contribution in [0.15, 0.2) is 64.1 Å². The molecule has 1 N–H and O–H groups in total. The average molecular weight is 461 g/mol. The number of benzene rings is 2. The molecule has 0 bridgehead atoms. The van der Waals surface area contributed by atoms with E-state index >= 15 is 0 Å². The number of aromatic nitrogens is 2. The van der Waals surface area contributed by atoms with E-state index in [-0.39, 0.29) is 10.7 Å². The van der Waals surface area contributed by atoms with Gasteiger partial charge in [0, 0.05) is 16.2 Å². The van der Waals surface area contributed by atoms with E-state index in [0.717, 1.165) is 5.56 Å². The Morgan fingerprint density at radius 2 is 1.84 bits per heavy atom. The molecule has 0 saturated carbocycles. The Bertz CT molecular complexity index is 1010. The Morgan fingerprint density at radius 3 is 2.52 bits per heavy atom. The number of hydrogen-bond acceptors (Lipinski definition) is 3. The normalized spacial score (nSPS) is 11.5. The molecule has 0 aliphatic rings. The fourth-order valence-electron chi connectivity index (χ4n) is 2.16. The van der Waals surface area contributed by atoms with Crippen molar-refractivity contribution in [3.05, 3.63) is 74.8 Å². The molecule has 25 heavy (non-hydrogen) atoms. The average Bonchev–Trinajstić information content (AvgIpc) is 2.90. The second-order valence-corrected chi connectivity index (χ2v) is 8.56. The molecular formula is C16H12BrCl2N3O2S. The standard InChI is InChI=1S/C16H12BrCl2N3O2S/c17-14-10-22(9-11-6-7-12(18)8-15(11)19)20-16(14)21-25(23,24)13-4-2-1-3-5-13/h1-8,10H,9H2,(H,20,21). The highest BCUT2D eigenvalue weighted by atomic mass is 79.9. The number of rotatable bonds is 5. The lowest BCUT2D eigenvalue weighted by Crippen LogP contribution is -2.14. The summed E-state index contributed by atoms with van der Waals surface area (Å²) in [5.41, 5.74) is 0.818. The van der Waals surface area contributed by atoms with Crippen molar-refractivity contribution in [1.29, 1.82) is 0 Å². The molecule has 0 atom stereocenters. The lowest BCUT2D eigenvalue weighted by Gasteiger charge is -2.06. The summed E-state index contributed by atoms with van der Waals surface area (Å²) in [5, 5.41) is 5.33. The predicted molar refractivity (Wildman–Crippen MR) is 103 cm³/mol. The third-order valence-electron chi connectivity index (χ3n) is 3.35. The number of anilines is 1. The fraction of sp³-hybridized carbons (Fsp3) is 0.0625. The van der Waals surface area contributed by atoms with Gasteiger partial charge in [-0.3, -0.25) is 9.40 Å². The van der Waals surface area contributed by atoms with E-state index < -0.39 is 10.0 Å². The van der Waals surface area contributed by atoms with Gasteiger partial charge in [-0.05, 0) is 45.8 Å². The van der Waals surface area contributed by atoms with Crippen LogP contribution in [0, 0.1) is 0 Å². The Kier molecular flexibility index (Phi) is 5.38. The van der Waals surface area contributed by atoms with Crippen molar-refractivity contribution in [2.24, 2.45) is 0 Å². The summed E-state index contributed by atoms with van der Waals surface area (Å²) in [4.78, 5) is 0.164. The zero-order valence-corrected chi connectivity index (χ0v) is 16.6. The summed E-state index contributed by atoms with van der Waals surface area (Å²) < 4.78 is 29.4. The summed E-state index contributed by atoms with van der Waals surface area (Å²) in [6, 6.07) is 13.3. The van der Waals surface area contributed by atoms with Gasteiger partial charge in [0.2, 0.25) is 0 Å². The molecule has 9 heteroatoms. The van der Waals surface area contributed by atoms with E-state index in [1.54, 1.807) is 47.3 Å². The second kappa shape index (κ2) is 7.37. The van der Waals surface area contributed by atoms with Crippen LogP contribution in [0.25, 0.3) is 0 Å². The molecule has 0 aliphatic heterocycles. The number of nitrogens with one attached hydrogen (secondary N) is 1. The highest BCUT2D eigenvalue weighted by Crippen LogP contribution is 2.26. The van der Waals surface area contributed by atoms with Crippen LogP contribution < -0.4 is 4.72 Å². The SMILES string of the molecule is O=S(=O)(Nc1nn(Cc2ccc(Cl)cc2Cl)cc1Br)c1ccccc1. The van der Waals surface area contributed by atoms with Crippen LogP contribution in [-0.4, -0.2) is 18.2 Å². The van der Waals surface area contributed by atoms with Crippen LogP contribution in [0.3, 0.4) is 0 Å². The fourth-order valence-corrected chi connectivity index (χ4v) is 4.21. The molecule has 130 valence electrons. The quantitative estimate of drug-likeness (QED) is 0.594. The Morgan fingerprint density at radius 1 is 1.12 bits per heavy atom. The van der Waals surface area contributed by atoms with Gasteiger partial charge in [-0.1, -0.05) is 47.5 Å². The molecule has 0 unspecified atom stereocenters. The van der Waals surface area contributed by atoms with Crippen LogP contribution in [0.1, 0.15) is 5.56 Å². The van der Waals surface area contributed by atoms with Gasteiger partial charge >= 0.3 is 0 Å². The minimum atomic E-state index is -3.71. The zero-order chi connectivity index (χ0) is 18.0. The minimum Gasteiger partial charge on any atom is -0.265 e. The van der Waals surface area contributed by atoms with E-state index in [9.17, 15) is 8.42 Å². The number of hydrogen-bond donors (Lipinski definition) is 1. The van der Waals surface area contributed by atoms with Gasteiger partial charge in [0.25, 0.3) is 10.0 Å². The van der Waals surface area contributed by atoms with Crippen molar-refractivity contribution in [2.45, 2.75) is 11.4 Å². The van der Waals surface area contributed by atoms with Crippen LogP contribution >= 0.6 is 39.1 Å². The summed E-state index contributed by atoms with van der Waals surface area (Å²) in [5.74, 6) is 0.203. The molecule has 0 radical (unpaired) electrons. The molecule has 0 amide bonds. The van der Waals surface area contributed by atoms with Gasteiger partial charge in [-0.2, -0.15) is 5.10 Å². The Labute approximate surface area is 163 Å². The first-order chi connectivity index (χ1) is 11.8. The molecule has 5 nitrogen and oxygen atoms in total. The molecule has 0 saturated heterocycles. The van der Waals surface area contributed by atoms with Crippen LogP contribution in [-0.2, 0) is 16.6 Å². The minimum absolute atomic E-state index is 0.164. The van der Waals surface area contributed by atoms with Crippen molar-refractivity contribution in [1.82, 2.24) is 9.78 Å². The van der Waals surface area contributed by atoms with E-state index in [0.29, 0.717) is 21.1 Å². The summed E-state index contributed by atoms with van der Waals surface area (Å²) >= 11 is 15.4. The van der Waals surface area contributed by atoms with Crippen LogP contribution in [0.4, 0.5) is 5.82 Å². The number of halogens is 3. The molecule has 3 aromatic rings. The first-order valence-corrected chi connectivity index (χ1v) is 10.1. The molecular weight excluding hydrogens is 449 g/mol. The van der Waals surface area contributed by atoms with E-state index in [1.807, 2.05) is 0 Å². The first-order valence-electron chi connectivity index (χ1n) is 7.10. The van der Waals surface area contributed by atoms with Gasteiger partial charge < -0.3 is 0 Å². The summed E-state index contributed by atoms with van der Waals surface area (Å²) in [7, 11) is -3.71. The van der Waals surface area contributed by atoms with E-state index in [4.69, 9.17) is 23.2 Å². The number of nitrogens with zero attached hydrogens (tertiary/aromatic N) is 2. The molecule has 2 aromatic carbocycles. The van der Waals surface area contributed by atoms with Crippen molar-refractivity contribution < 1.29 is 8.42 Å². The maximum Gasteiger partial charge on any atom is 0.263 e. The summed E-state index contributed by atoms with van der Waals surface area (Å²) in [6.45, 7) is 0.377. The topological polar surface area (TPSA) is 64.0 Å². The Hall–Kier alpha value is -1.54. The van der Waals surface area contributed by atoms with Crippen LogP contribution in [0.2, 0.25) is 10.0 Å². The molecule has 1 aromatic heterocycles. The largest absolute Gasteiger partial charge is 0.265 e. The lowest BCUT2D eigenvalue weighted by atomic mass is 10.2. The second-order valence-electron chi connectivity index (χ2n) is 5.18. The molecule has 3 rings (SSSR count). The Balaban J connectivity index is 1.83. The maximum atomic E-state index is 12.4. The van der Waals surface area contributed by atoms with Crippen LogP contribution in [0.5, 0.6) is 0 Å². The van der Waals surface area contributed by atoms with Gasteiger partial charge in [0.15, 0.2) is 5.82 Å². The van der Waals surface area contributed by atoms with Crippen molar-refractivity contribution in [3.8, 4) is 0 Å². The zero-order valence-electron chi connectivity index (χ0n) is 12.7. The summed E-state index contributed by atoms with van der Waals surface area (Å²) in [6.07, 6.45) is 1.67. The van der Waals surface area contributed by atoms with E-state index in [1.165, 1.54) is 12.1 Å². The van der Waals surface area contributed by atoms with E-state index in [2.05, 4.69) is 25.8 Å². The van der Waals surface area contributed by atoms with Gasteiger partial charge in [-0.15, -0.1) is 0 Å². The monoisotopic (exact) mass is 459 g/mol. The third kappa shape index (κ3) is 4.36. The van der Waals surface area contributed by atoms with Gasteiger partial charge in [0.05, 0.1) is 15.9 Å². The van der Waals surface area contributed by atoms with Crippen molar-refractivity contribution in [2.75, 3.05) is 4.72 Å². The predicted octanol–water partition coefficient (Wildman–Crippen LogP) is 4.80. The van der Waals surface area contributed by atoms with Crippen molar-refractivity contribution in [3.63, 3.8) is 0 Å². The van der Waals surface area contributed by atoms with Crippen molar-refractivity contribution >= 4 is 55.0 Å². The molecule has 0 fully saturated rings. The molecule has 1 heterocycles. The van der Waals surface area contributed by atoms with Gasteiger partial charge in [-0.25, -0.2) is 8.42 Å². The highest BCUT2D eigenvalue weighted by Gasteiger charge is 2.18. The lowest BCUT2D eigenvalue weighted by molar-refractivity contribution is 0.600. The smallest absolute Gasteiger partial charge is 0.263 e. The third-order valence-corrected chi connectivity index (χ3v) is 5.87. The molecule has 0 spiro atoms. The highest BCUT2D eigenvalue weighted by molar-refractivity contribution is 9.10. The maximum absolute atomic E-state index is 12.4.